The van der Waals surface area contributed by atoms with E-state index in [9.17, 15) is 4.79 Å². The summed E-state index contributed by atoms with van der Waals surface area (Å²) in [6, 6.07) is 0.182. The molecular weight excluding hydrogens is 198 g/mol. The third-order valence-corrected chi connectivity index (χ3v) is 3.70. The van der Waals surface area contributed by atoms with Crippen molar-refractivity contribution in [3.63, 3.8) is 0 Å². The Morgan fingerprint density at radius 2 is 2.00 bits per heavy atom. The molecule has 0 aromatic rings. The van der Waals surface area contributed by atoms with Crippen molar-refractivity contribution in [1.82, 2.24) is 5.32 Å². The van der Waals surface area contributed by atoms with Crippen molar-refractivity contribution >= 4 is 17.5 Å². The van der Waals surface area contributed by atoms with Crippen LogP contribution in [0.1, 0.15) is 33.6 Å². The molecule has 1 amide bonds. The number of hydrogen-bond acceptors (Lipinski definition) is 1. The number of amides is 1. The SMILES string of the molecule is CC(CCl)C(C)NC(=O)C(C)C1CC1. The maximum atomic E-state index is 11.7. The van der Waals surface area contributed by atoms with Crippen LogP contribution in [0.2, 0.25) is 0 Å². The third-order valence-electron chi connectivity index (χ3n) is 3.21. The predicted molar refractivity (Wildman–Crippen MR) is 59.4 cm³/mol. The highest BCUT2D eigenvalue weighted by molar-refractivity contribution is 6.18. The van der Waals surface area contributed by atoms with E-state index >= 15 is 0 Å². The van der Waals surface area contributed by atoms with Gasteiger partial charge in [-0.25, -0.2) is 0 Å². The minimum atomic E-state index is 0.181. The molecule has 1 N–H and O–H groups in total. The second-order valence-corrected chi connectivity index (χ2v) is 4.86. The van der Waals surface area contributed by atoms with Crippen LogP contribution in [-0.2, 0) is 4.79 Å². The van der Waals surface area contributed by atoms with Crippen LogP contribution in [0.15, 0.2) is 0 Å². The molecule has 0 radical (unpaired) electrons. The topological polar surface area (TPSA) is 29.1 Å². The fraction of sp³-hybridized carbons (Fsp3) is 0.909. The van der Waals surface area contributed by atoms with Gasteiger partial charge in [-0.1, -0.05) is 13.8 Å². The molecule has 3 atom stereocenters. The van der Waals surface area contributed by atoms with Gasteiger partial charge in [-0.2, -0.15) is 0 Å². The molecule has 0 aromatic heterocycles. The molecule has 3 unspecified atom stereocenters. The normalized spacial score (nSPS) is 22.6. The molecule has 2 nitrogen and oxygen atoms in total. The minimum absolute atomic E-state index is 0.181. The van der Waals surface area contributed by atoms with E-state index < -0.39 is 0 Å². The van der Waals surface area contributed by atoms with Gasteiger partial charge in [0, 0.05) is 17.8 Å². The zero-order valence-electron chi connectivity index (χ0n) is 9.22. The number of hydrogen-bond donors (Lipinski definition) is 1. The Bertz CT molecular complexity index is 203. The standard InChI is InChI=1S/C11H20ClNO/c1-7(6-12)9(3)13-11(14)8(2)10-4-5-10/h7-10H,4-6H2,1-3H3,(H,13,14). The van der Waals surface area contributed by atoms with Gasteiger partial charge in [-0.15, -0.1) is 11.6 Å². The average Bonchev–Trinajstić information content (AvgIpc) is 2.98. The Morgan fingerprint density at radius 3 is 2.43 bits per heavy atom. The summed E-state index contributed by atoms with van der Waals surface area (Å²) in [6.45, 7) is 6.09. The number of halogens is 1. The van der Waals surface area contributed by atoms with Crippen LogP contribution in [0, 0.1) is 17.8 Å². The summed E-state index contributed by atoms with van der Waals surface area (Å²) in [5, 5.41) is 3.03. The summed E-state index contributed by atoms with van der Waals surface area (Å²) in [4.78, 5) is 11.7. The Morgan fingerprint density at radius 1 is 1.43 bits per heavy atom. The largest absolute Gasteiger partial charge is 0.353 e. The first-order chi connectivity index (χ1) is 6.56. The van der Waals surface area contributed by atoms with E-state index in [-0.39, 0.29) is 17.9 Å². The molecule has 1 saturated carbocycles. The van der Waals surface area contributed by atoms with Crippen molar-refractivity contribution in [2.75, 3.05) is 5.88 Å². The van der Waals surface area contributed by atoms with Crippen LogP contribution in [0.3, 0.4) is 0 Å². The van der Waals surface area contributed by atoms with Gasteiger partial charge in [-0.05, 0) is 31.6 Å². The Hall–Kier alpha value is -0.240. The molecule has 3 heteroatoms. The molecule has 82 valence electrons. The van der Waals surface area contributed by atoms with E-state index in [4.69, 9.17) is 11.6 Å². The molecule has 0 saturated heterocycles. The number of carbonyl (C=O) groups excluding carboxylic acids is 1. The van der Waals surface area contributed by atoms with E-state index in [1.807, 2.05) is 13.8 Å². The van der Waals surface area contributed by atoms with Gasteiger partial charge >= 0.3 is 0 Å². The Kier molecular flexibility index (Phi) is 4.24. The lowest BCUT2D eigenvalue weighted by Gasteiger charge is -2.21. The van der Waals surface area contributed by atoms with Crippen molar-refractivity contribution in [2.24, 2.45) is 17.8 Å². The molecule has 14 heavy (non-hydrogen) atoms. The van der Waals surface area contributed by atoms with Gasteiger partial charge in [0.2, 0.25) is 5.91 Å². The molecular formula is C11H20ClNO. The van der Waals surface area contributed by atoms with Crippen molar-refractivity contribution in [1.29, 1.82) is 0 Å². The van der Waals surface area contributed by atoms with Crippen LogP contribution in [0.5, 0.6) is 0 Å². The van der Waals surface area contributed by atoms with Gasteiger partial charge in [-0.3, -0.25) is 4.79 Å². The van der Waals surface area contributed by atoms with Crippen LogP contribution in [0.25, 0.3) is 0 Å². The molecule has 0 aromatic carbocycles. The first-order valence-corrected chi connectivity index (χ1v) is 5.96. The molecule has 0 heterocycles. The first-order valence-electron chi connectivity index (χ1n) is 5.42. The van der Waals surface area contributed by atoms with E-state index in [1.165, 1.54) is 12.8 Å². The van der Waals surface area contributed by atoms with Crippen LogP contribution < -0.4 is 5.32 Å². The summed E-state index contributed by atoms with van der Waals surface area (Å²) in [5.41, 5.74) is 0. The van der Waals surface area contributed by atoms with Crippen LogP contribution in [-0.4, -0.2) is 17.8 Å². The maximum Gasteiger partial charge on any atom is 0.223 e. The van der Waals surface area contributed by atoms with Crippen molar-refractivity contribution < 1.29 is 4.79 Å². The molecule has 0 aliphatic heterocycles. The molecule has 1 rings (SSSR count). The molecule has 1 aliphatic carbocycles. The van der Waals surface area contributed by atoms with Gasteiger partial charge < -0.3 is 5.32 Å². The van der Waals surface area contributed by atoms with Crippen molar-refractivity contribution in [3.05, 3.63) is 0 Å². The van der Waals surface area contributed by atoms with E-state index in [2.05, 4.69) is 12.2 Å². The third kappa shape index (κ3) is 3.16. The highest BCUT2D eigenvalue weighted by Gasteiger charge is 2.33. The second-order valence-electron chi connectivity index (χ2n) is 4.55. The molecule has 0 spiro atoms. The quantitative estimate of drug-likeness (QED) is 0.705. The van der Waals surface area contributed by atoms with Gasteiger partial charge in [0.05, 0.1) is 0 Å². The minimum Gasteiger partial charge on any atom is -0.353 e. The summed E-state index contributed by atoms with van der Waals surface area (Å²) < 4.78 is 0. The van der Waals surface area contributed by atoms with Gasteiger partial charge in [0.25, 0.3) is 0 Å². The summed E-state index contributed by atoms with van der Waals surface area (Å²) >= 11 is 5.73. The zero-order chi connectivity index (χ0) is 10.7. The van der Waals surface area contributed by atoms with E-state index in [0.717, 1.165) is 0 Å². The summed E-state index contributed by atoms with van der Waals surface area (Å²) in [7, 11) is 0. The number of carbonyl (C=O) groups is 1. The maximum absolute atomic E-state index is 11.7. The fourth-order valence-electron chi connectivity index (χ4n) is 1.44. The molecule has 1 fully saturated rings. The molecule has 0 bridgehead atoms. The van der Waals surface area contributed by atoms with E-state index in [1.54, 1.807) is 0 Å². The lowest BCUT2D eigenvalue weighted by atomic mass is 10.0. The Balaban J connectivity index is 2.31. The zero-order valence-corrected chi connectivity index (χ0v) is 9.97. The second kappa shape index (κ2) is 5.01. The number of rotatable bonds is 5. The number of alkyl halides is 1. The summed E-state index contributed by atoms with van der Waals surface area (Å²) in [6.07, 6.45) is 2.43. The van der Waals surface area contributed by atoms with Crippen LogP contribution >= 0.6 is 11.6 Å². The lowest BCUT2D eigenvalue weighted by Crippen LogP contribution is -2.41. The first kappa shape index (κ1) is 11.8. The van der Waals surface area contributed by atoms with Crippen LogP contribution in [0.4, 0.5) is 0 Å². The average molecular weight is 218 g/mol. The predicted octanol–water partition coefficient (Wildman–Crippen LogP) is 2.41. The fourth-order valence-corrected chi connectivity index (χ4v) is 1.71. The Labute approximate surface area is 91.4 Å². The van der Waals surface area contributed by atoms with Gasteiger partial charge in [0.15, 0.2) is 0 Å². The molecule has 1 aliphatic rings. The summed E-state index contributed by atoms with van der Waals surface area (Å²) in [5.74, 6) is 1.94. The van der Waals surface area contributed by atoms with Crippen molar-refractivity contribution in [3.8, 4) is 0 Å². The lowest BCUT2D eigenvalue weighted by molar-refractivity contribution is -0.125. The smallest absolute Gasteiger partial charge is 0.223 e. The monoisotopic (exact) mass is 217 g/mol. The highest BCUT2D eigenvalue weighted by atomic mass is 35.5. The van der Waals surface area contributed by atoms with Gasteiger partial charge in [0.1, 0.15) is 0 Å². The van der Waals surface area contributed by atoms with E-state index in [0.29, 0.717) is 17.7 Å². The highest BCUT2D eigenvalue weighted by Crippen LogP contribution is 2.36. The number of nitrogens with one attached hydrogen (secondary N) is 1. The van der Waals surface area contributed by atoms with Crippen molar-refractivity contribution in [2.45, 2.75) is 39.7 Å².